The molecule has 1 heterocycles. The van der Waals surface area contributed by atoms with E-state index in [0.29, 0.717) is 42.1 Å². The average molecular weight is 463 g/mol. The van der Waals surface area contributed by atoms with Gasteiger partial charge in [-0.15, -0.1) is 10.2 Å². The van der Waals surface area contributed by atoms with Gasteiger partial charge in [0.15, 0.2) is 5.82 Å². The predicted molar refractivity (Wildman–Crippen MR) is 123 cm³/mol. The second-order valence-electron chi connectivity index (χ2n) is 7.76. The molecule has 0 aliphatic rings. The molecule has 2 aromatic rings. The molecule has 0 aliphatic carbocycles. The van der Waals surface area contributed by atoms with Crippen molar-refractivity contribution >= 4 is 5.82 Å². The molecule has 0 spiro atoms. The van der Waals surface area contributed by atoms with Crippen molar-refractivity contribution in [3.8, 4) is 28.8 Å². The Morgan fingerprint density at radius 3 is 2.58 bits per heavy atom. The number of phenols is 1. The molecule has 0 saturated heterocycles. The number of nitrogens with one attached hydrogen (secondary N) is 1. The number of benzene rings is 1. The summed E-state index contributed by atoms with van der Waals surface area (Å²) in [5.74, 6) is -0.0444. The molecule has 0 saturated carbocycles. The SMILES string of the molecule is CCCCCC(CC)Nc1nnc(-c2ccc(OC(F)F)cc2O)c(CCCOC)c1C#N. The predicted octanol–water partition coefficient (Wildman–Crippen LogP) is 5.67. The van der Waals surface area contributed by atoms with Crippen molar-refractivity contribution in [2.75, 3.05) is 19.0 Å². The number of alkyl halides is 2. The summed E-state index contributed by atoms with van der Waals surface area (Å²) in [5.41, 5.74) is 1.59. The Labute approximate surface area is 193 Å². The van der Waals surface area contributed by atoms with Crippen LogP contribution in [0.4, 0.5) is 14.6 Å². The number of aromatic nitrogens is 2. The lowest BCUT2D eigenvalue weighted by molar-refractivity contribution is -0.0499. The highest BCUT2D eigenvalue weighted by Crippen LogP contribution is 2.36. The molecule has 0 aliphatic heterocycles. The van der Waals surface area contributed by atoms with Gasteiger partial charge in [-0.25, -0.2) is 0 Å². The molecular weight excluding hydrogens is 430 g/mol. The van der Waals surface area contributed by atoms with Gasteiger partial charge in [-0.05, 0) is 37.8 Å². The molecule has 0 bridgehead atoms. The van der Waals surface area contributed by atoms with Crippen LogP contribution in [0.1, 0.15) is 63.5 Å². The Morgan fingerprint density at radius 1 is 1.18 bits per heavy atom. The van der Waals surface area contributed by atoms with Crippen LogP contribution < -0.4 is 10.1 Å². The zero-order valence-corrected chi connectivity index (χ0v) is 19.4. The summed E-state index contributed by atoms with van der Waals surface area (Å²) >= 11 is 0. The molecule has 0 radical (unpaired) electrons. The summed E-state index contributed by atoms with van der Waals surface area (Å²) in [5, 5.41) is 32.4. The Hall–Kier alpha value is -2.99. The van der Waals surface area contributed by atoms with E-state index in [0.717, 1.165) is 38.2 Å². The fourth-order valence-corrected chi connectivity index (χ4v) is 3.65. The van der Waals surface area contributed by atoms with E-state index in [1.54, 1.807) is 7.11 Å². The minimum atomic E-state index is -3.00. The zero-order valence-electron chi connectivity index (χ0n) is 19.4. The maximum absolute atomic E-state index is 12.5. The van der Waals surface area contributed by atoms with Crippen LogP contribution in [0.5, 0.6) is 11.5 Å². The first-order chi connectivity index (χ1) is 15.9. The van der Waals surface area contributed by atoms with E-state index in [4.69, 9.17) is 4.74 Å². The highest BCUT2D eigenvalue weighted by molar-refractivity contribution is 5.74. The number of ether oxygens (including phenoxy) is 2. The number of halogens is 2. The van der Waals surface area contributed by atoms with Gasteiger partial charge >= 0.3 is 6.61 Å². The maximum Gasteiger partial charge on any atom is 0.387 e. The third-order valence-corrected chi connectivity index (χ3v) is 5.40. The van der Waals surface area contributed by atoms with Crippen LogP contribution in [-0.4, -0.2) is 41.7 Å². The molecule has 2 N–H and O–H groups in total. The van der Waals surface area contributed by atoms with E-state index in [-0.39, 0.29) is 23.1 Å². The van der Waals surface area contributed by atoms with Crippen LogP contribution in [0.25, 0.3) is 11.3 Å². The monoisotopic (exact) mass is 462 g/mol. The fraction of sp³-hybridized carbons (Fsp3) is 0.542. The van der Waals surface area contributed by atoms with Crippen molar-refractivity contribution in [3.05, 3.63) is 29.3 Å². The van der Waals surface area contributed by atoms with Gasteiger partial charge in [0.05, 0.1) is 0 Å². The largest absolute Gasteiger partial charge is 0.507 e. The lowest BCUT2D eigenvalue weighted by Crippen LogP contribution is -2.21. The lowest BCUT2D eigenvalue weighted by Gasteiger charge is -2.20. The van der Waals surface area contributed by atoms with Gasteiger partial charge in [0.25, 0.3) is 0 Å². The van der Waals surface area contributed by atoms with Crippen LogP contribution in [0.2, 0.25) is 0 Å². The van der Waals surface area contributed by atoms with Crippen LogP contribution in [0.3, 0.4) is 0 Å². The van der Waals surface area contributed by atoms with Crippen molar-refractivity contribution in [2.45, 2.75) is 71.4 Å². The number of hydrogen-bond acceptors (Lipinski definition) is 7. The molecule has 1 aromatic heterocycles. The molecule has 1 unspecified atom stereocenters. The van der Waals surface area contributed by atoms with Crippen molar-refractivity contribution in [3.63, 3.8) is 0 Å². The molecule has 1 aromatic carbocycles. The summed E-state index contributed by atoms with van der Waals surface area (Å²) < 4.78 is 34.5. The Balaban J connectivity index is 2.46. The molecule has 1 atom stereocenters. The van der Waals surface area contributed by atoms with Crippen LogP contribution >= 0.6 is 0 Å². The first-order valence-electron chi connectivity index (χ1n) is 11.3. The molecule has 0 fully saturated rings. The van der Waals surface area contributed by atoms with E-state index in [9.17, 15) is 19.1 Å². The summed E-state index contributed by atoms with van der Waals surface area (Å²) in [6, 6.07) is 6.26. The summed E-state index contributed by atoms with van der Waals surface area (Å²) in [6.07, 6.45) is 6.29. The second kappa shape index (κ2) is 13.5. The number of unbranched alkanes of at least 4 members (excludes halogenated alkanes) is 2. The van der Waals surface area contributed by atoms with E-state index in [1.807, 2.05) is 0 Å². The van der Waals surface area contributed by atoms with E-state index >= 15 is 0 Å². The molecule has 9 heteroatoms. The average Bonchev–Trinajstić information content (AvgIpc) is 2.79. The van der Waals surface area contributed by atoms with Crippen LogP contribution in [0.15, 0.2) is 18.2 Å². The first kappa shape index (κ1) is 26.3. The normalized spacial score (nSPS) is 11.9. The molecule has 2 rings (SSSR count). The number of hydrogen-bond donors (Lipinski definition) is 2. The number of rotatable bonds is 14. The number of nitrogens with zero attached hydrogens (tertiary/aromatic N) is 3. The van der Waals surface area contributed by atoms with Crippen molar-refractivity contribution < 1.29 is 23.4 Å². The minimum absolute atomic E-state index is 0.162. The Morgan fingerprint density at radius 2 is 1.97 bits per heavy atom. The molecule has 7 nitrogen and oxygen atoms in total. The highest BCUT2D eigenvalue weighted by atomic mass is 19.3. The van der Waals surface area contributed by atoms with Gasteiger partial charge in [-0.2, -0.15) is 14.0 Å². The van der Waals surface area contributed by atoms with E-state index in [2.05, 4.69) is 40.2 Å². The van der Waals surface area contributed by atoms with E-state index in [1.165, 1.54) is 12.1 Å². The number of aromatic hydroxyl groups is 1. The van der Waals surface area contributed by atoms with Gasteiger partial charge in [-0.3, -0.25) is 0 Å². The van der Waals surface area contributed by atoms with Crippen LogP contribution in [-0.2, 0) is 11.2 Å². The fourth-order valence-electron chi connectivity index (χ4n) is 3.65. The van der Waals surface area contributed by atoms with E-state index < -0.39 is 6.61 Å². The van der Waals surface area contributed by atoms with Gasteiger partial charge in [-0.1, -0.05) is 33.1 Å². The highest BCUT2D eigenvalue weighted by Gasteiger charge is 2.21. The zero-order chi connectivity index (χ0) is 24.2. The number of methoxy groups -OCH3 is 1. The second-order valence-corrected chi connectivity index (χ2v) is 7.76. The molecule has 33 heavy (non-hydrogen) atoms. The minimum Gasteiger partial charge on any atom is -0.507 e. The third-order valence-electron chi connectivity index (χ3n) is 5.40. The lowest BCUT2D eigenvalue weighted by atomic mass is 9.97. The van der Waals surface area contributed by atoms with Gasteiger partial charge in [0.1, 0.15) is 28.8 Å². The van der Waals surface area contributed by atoms with Gasteiger partial charge < -0.3 is 19.9 Å². The number of phenolic OH excluding ortho intramolecular Hbond substituents is 1. The maximum atomic E-state index is 12.5. The van der Waals surface area contributed by atoms with Gasteiger partial charge in [0.2, 0.25) is 0 Å². The summed E-state index contributed by atoms with van der Waals surface area (Å²) in [7, 11) is 1.60. The van der Waals surface area contributed by atoms with Crippen molar-refractivity contribution in [1.29, 1.82) is 5.26 Å². The number of nitriles is 1. The van der Waals surface area contributed by atoms with Crippen molar-refractivity contribution in [2.24, 2.45) is 0 Å². The van der Waals surface area contributed by atoms with Gasteiger partial charge in [0, 0.05) is 37.0 Å². The summed E-state index contributed by atoms with van der Waals surface area (Å²) in [4.78, 5) is 0. The molecule has 180 valence electrons. The summed E-state index contributed by atoms with van der Waals surface area (Å²) in [6.45, 7) is 1.72. The van der Waals surface area contributed by atoms with Crippen LogP contribution in [0, 0.1) is 11.3 Å². The standard InChI is InChI=1S/C24H32F2N4O3/c1-4-6-7-9-16(5-2)28-23-20(15-27)18(10-8-13-32-3)22(29-30-23)19-12-11-17(14-21(19)31)33-24(25)26/h11-12,14,16,24,31H,4-10,13H2,1-3H3,(H,28,30). The first-order valence-corrected chi connectivity index (χ1v) is 11.3. The molecular formula is C24H32F2N4O3. The third kappa shape index (κ3) is 7.53. The Bertz CT molecular complexity index is 935. The van der Waals surface area contributed by atoms with Crippen molar-refractivity contribution in [1.82, 2.24) is 10.2 Å². The quantitative estimate of drug-likeness (QED) is 0.349. The topological polar surface area (TPSA) is 100 Å². The number of anilines is 1. The Kier molecular flexibility index (Phi) is 10.8. The smallest absolute Gasteiger partial charge is 0.387 e. The molecule has 0 amide bonds.